The average molecular weight is 198 g/mol. The van der Waals surface area contributed by atoms with Gasteiger partial charge in [-0.2, -0.15) is 0 Å². The van der Waals surface area contributed by atoms with Crippen molar-refractivity contribution in [3.8, 4) is 0 Å². The third-order valence-electron chi connectivity index (χ3n) is 3.05. The first-order valence-electron chi connectivity index (χ1n) is 5.51. The largest absolute Gasteiger partial charge is 0.326 e. The zero-order valence-electron chi connectivity index (χ0n) is 10.4. The maximum Gasteiger partial charge on any atom is 0.0307 e. The lowest BCUT2D eigenvalue weighted by Gasteiger charge is -2.42. The Kier molecular flexibility index (Phi) is 5.38. The molecule has 0 saturated heterocycles. The standard InChI is InChI=1S/C12H26N2/c1-7-14(8-2)12(5,6)11(13)9-10(3)4/h11H,3,7-9,13H2,1-2,4-6H3. The molecule has 0 aliphatic heterocycles. The SMILES string of the molecule is C=C(C)CC(N)C(C)(C)N(CC)CC. The van der Waals surface area contributed by atoms with Crippen molar-refractivity contribution in [2.45, 2.75) is 52.6 Å². The van der Waals surface area contributed by atoms with Gasteiger partial charge >= 0.3 is 0 Å². The predicted octanol–water partition coefficient (Wildman–Crippen LogP) is 2.40. The van der Waals surface area contributed by atoms with Crippen molar-refractivity contribution in [3.05, 3.63) is 12.2 Å². The van der Waals surface area contributed by atoms with Crippen LogP contribution in [0.15, 0.2) is 12.2 Å². The van der Waals surface area contributed by atoms with Gasteiger partial charge in [-0.25, -0.2) is 0 Å². The third kappa shape index (κ3) is 3.43. The van der Waals surface area contributed by atoms with Crippen molar-refractivity contribution < 1.29 is 0 Å². The van der Waals surface area contributed by atoms with Crippen LogP contribution in [0.25, 0.3) is 0 Å². The number of hydrogen-bond donors (Lipinski definition) is 1. The van der Waals surface area contributed by atoms with Crippen LogP contribution in [0.2, 0.25) is 0 Å². The summed E-state index contributed by atoms with van der Waals surface area (Å²) < 4.78 is 0. The molecular weight excluding hydrogens is 172 g/mol. The molecule has 84 valence electrons. The maximum atomic E-state index is 6.20. The fourth-order valence-electron chi connectivity index (χ4n) is 1.90. The lowest BCUT2D eigenvalue weighted by molar-refractivity contribution is 0.106. The summed E-state index contributed by atoms with van der Waals surface area (Å²) in [6.07, 6.45) is 0.906. The molecule has 0 rings (SSSR count). The van der Waals surface area contributed by atoms with E-state index < -0.39 is 0 Å². The average Bonchev–Trinajstić information content (AvgIpc) is 2.04. The minimum atomic E-state index is 0.0580. The van der Waals surface area contributed by atoms with Crippen LogP contribution >= 0.6 is 0 Å². The van der Waals surface area contributed by atoms with E-state index in [-0.39, 0.29) is 11.6 Å². The van der Waals surface area contributed by atoms with E-state index in [0.29, 0.717) is 0 Å². The van der Waals surface area contributed by atoms with Gasteiger partial charge in [-0.15, -0.1) is 6.58 Å². The lowest BCUT2D eigenvalue weighted by Crippen LogP contribution is -2.56. The van der Waals surface area contributed by atoms with Crippen molar-refractivity contribution in [2.75, 3.05) is 13.1 Å². The minimum Gasteiger partial charge on any atom is -0.326 e. The summed E-state index contributed by atoms with van der Waals surface area (Å²) in [7, 11) is 0. The Labute approximate surface area is 89.2 Å². The molecule has 14 heavy (non-hydrogen) atoms. The quantitative estimate of drug-likeness (QED) is 0.664. The summed E-state index contributed by atoms with van der Waals surface area (Å²) in [5.41, 5.74) is 7.42. The molecule has 2 N–H and O–H groups in total. The Morgan fingerprint density at radius 2 is 1.79 bits per heavy atom. The van der Waals surface area contributed by atoms with Crippen molar-refractivity contribution in [2.24, 2.45) is 5.73 Å². The summed E-state index contributed by atoms with van der Waals surface area (Å²) in [4.78, 5) is 2.40. The fraction of sp³-hybridized carbons (Fsp3) is 0.833. The highest BCUT2D eigenvalue weighted by atomic mass is 15.2. The normalized spacial score (nSPS) is 14.5. The summed E-state index contributed by atoms with van der Waals surface area (Å²) in [6.45, 7) is 16.8. The van der Waals surface area contributed by atoms with Gasteiger partial charge in [-0.1, -0.05) is 19.4 Å². The molecule has 0 aromatic carbocycles. The van der Waals surface area contributed by atoms with Crippen LogP contribution in [0, 0.1) is 0 Å². The number of likely N-dealkylation sites (N-methyl/N-ethyl adjacent to an activating group) is 1. The number of nitrogens with zero attached hydrogens (tertiary/aromatic N) is 1. The number of hydrogen-bond acceptors (Lipinski definition) is 2. The molecular formula is C12H26N2. The van der Waals surface area contributed by atoms with E-state index in [4.69, 9.17) is 5.73 Å². The van der Waals surface area contributed by atoms with E-state index in [9.17, 15) is 0 Å². The monoisotopic (exact) mass is 198 g/mol. The Bertz CT molecular complexity index is 181. The summed E-state index contributed by atoms with van der Waals surface area (Å²) >= 11 is 0. The van der Waals surface area contributed by atoms with Gasteiger partial charge in [0.25, 0.3) is 0 Å². The lowest BCUT2D eigenvalue weighted by atomic mass is 9.88. The van der Waals surface area contributed by atoms with Crippen molar-refractivity contribution >= 4 is 0 Å². The van der Waals surface area contributed by atoms with Crippen molar-refractivity contribution in [3.63, 3.8) is 0 Å². The Morgan fingerprint density at radius 1 is 1.36 bits per heavy atom. The predicted molar refractivity (Wildman–Crippen MR) is 64.4 cm³/mol. The smallest absolute Gasteiger partial charge is 0.0307 e. The molecule has 2 nitrogen and oxygen atoms in total. The molecule has 0 saturated carbocycles. The van der Waals surface area contributed by atoms with Crippen LogP contribution < -0.4 is 5.73 Å². The Morgan fingerprint density at radius 3 is 2.07 bits per heavy atom. The summed E-state index contributed by atoms with van der Waals surface area (Å²) in [5, 5.41) is 0. The molecule has 0 aromatic rings. The van der Waals surface area contributed by atoms with Gasteiger partial charge in [-0.3, -0.25) is 4.90 Å². The second-order valence-corrected chi connectivity index (χ2v) is 4.59. The first kappa shape index (κ1) is 13.7. The second kappa shape index (κ2) is 5.52. The van der Waals surface area contributed by atoms with E-state index in [0.717, 1.165) is 25.1 Å². The van der Waals surface area contributed by atoms with Crippen LogP contribution in [-0.4, -0.2) is 29.6 Å². The van der Waals surface area contributed by atoms with Gasteiger partial charge < -0.3 is 5.73 Å². The van der Waals surface area contributed by atoms with Crippen LogP contribution in [-0.2, 0) is 0 Å². The number of nitrogens with two attached hydrogens (primary N) is 1. The maximum absolute atomic E-state index is 6.20. The van der Waals surface area contributed by atoms with E-state index >= 15 is 0 Å². The fourth-order valence-corrected chi connectivity index (χ4v) is 1.90. The molecule has 1 unspecified atom stereocenters. The van der Waals surface area contributed by atoms with Crippen LogP contribution in [0.4, 0.5) is 0 Å². The highest BCUT2D eigenvalue weighted by Gasteiger charge is 2.30. The van der Waals surface area contributed by atoms with E-state index in [1.54, 1.807) is 0 Å². The molecule has 0 fully saturated rings. The molecule has 0 aliphatic rings. The molecule has 1 atom stereocenters. The molecule has 0 bridgehead atoms. The number of rotatable bonds is 6. The van der Waals surface area contributed by atoms with Gasteiger partial charge in [0.15, 0.2) is 0 Å². The molecule has 0 amide bonds. The van der Waals surface area contributed by atoms with Gasteiger partial charge in [0.2, 0.25) is 0 Å². The zero-order valence-corrected chi connectivity index (χ0v) is 10.4. The highest BCUT2D eigenvalue weighted by molar-refractivity contribution is 5.00. The topological polar surface area (TPSA) is 29.3 Å². The van der Waals surface area contributed by atoms with Crippen LogP contribution in [0.3, 0.4) is 0 Å². The van der Waals surface area contributed by atoms with Gasteiger partial charge in [0.1, 0.15) is 0 Å². The molecule has 2 heteroatoms. The molecule has 0 aliphatic carbocycles. The Hall–Kier alpha value is -0.340. The highest BCUT2D eigenvalue weighted by Crippen LogP contribution is 2.21. The van der Waals surface area contributed by atoms with Gasteiger partial charge in [-0.05, 0) is 40.3 Å². The first-order valence-corrected chi connectivity index (χ1v) is 5.51. The summed E-state index contributed by atoms with van der Waals surface area (Å²) in [6, 6.07) is 0.167. The van der Waals surface area contributed by atoms with E-state index in [1.165, 1.54) is 0 Å². The van der Waals surface area contributed by atoms with E-state index in [2.05, 4.69) is 39.2 Å². The van der Waals surface area contributed by atoms with Crippen molar-refractivity contribution in [1.29, 1.82) is 0 Å². The zero-order chi connectivity index (χ0) is 11.4. The van der Waals surface area contributed by atoms with Crippen LogP contribution in [0.5, 0.6) is 0 Å². The molecule has 0 spiro atoms. The third-order valence-corrected chi connectivity index (χ3v) is 3.05. The minimum absolute atomic E-state index is 0.0580. The van der Waals surface area contributed by atoms with Crippen LogP contribution in [0.1, 0.15) is 41.0 Å². The molecule has 0 aromatic heterocycles. The first-order chi connectivity index (χ1) is 6.36. The van der Waals surface area contributed by atoms with Gasteiger partial charge in [0, 0.05) is 11.6 Å². The van der Waals surface area contributed by atoms with E-state index in [1.807, 2.05) is 6.92 Å². The second-order valence-electron chi connectivity index (χ2n) is 4.59. The molecule has 0 heterocycles. The van der Waals surface area contributed by atoms with Crippen molar-refractivity contribution in [1.82, 2.24) is 4.90 Å². The van der Waals surface area contributed by atoms with Gasteiger partial charge in [0.05, 0.1) is 0 Å². The Balaban J connectivity index is 4.48. The molecule has 0 radical (unpaired) electrons. The summed E-state index contributed by atoms with van der Waals surface area (Å²) in [5.74, 6) is 0.